The minimum absolute atomic E-state index is 0.123. The van der Waals surface area contributed by atoms with Gasteiger partial charge in [-0.15, -0.1) is 0 Å². The maximum absolute atomic E-state index is 13.9. The zero-order valence-corrected chi connectivity index (χ0v) is 16.2. The molecule has 156 valence electrons. The van der Waals surface area contributed by atoms with Gasteiger partial charge < -0.3 is 15.2 Å². The Kier molecular flexibility index (Phi) is 5.11. The smallest absolute Gasteiger partial charge is 0.417 e. The molecule has 29 heavy (non-hydrogen) atoms. The van der Waals surface area contributed by atoms with E-state index in [1.807, 2.05) is 0 Å². The lowest BCUT2D eigenvalue weighted by Crippen LogP contribution is -2.50. The van der Waals surface area contributed by atoms with Crippen LogP contribution in [0, 0.1) is 12.7 Å². The van der Waals surface area contributed by atoms with Crippen LogP contribution < -0.4 is 0 Å². The number of nitrogens with zero attached hydrogens (tertiary/aromatic N) is 1. The first kappa shape index (κ1) is 21.1. The second-order valence-corrected chi connectivity index (χ2v) is 8.14. The molecule has 8 heteroatoms. The number of aromatic hydroxyl groups is 1. The fourth-order valence-corrected chi connectivity index (χ4v) is 3.83. The van der Waals surface area contributed by atoms with Crippen LogP contribution in [0.3, 0.4) is 0 Å². The number of phenols is 1. The summed E-state index contributed by atoms with van der Waals surface area (Å²) in [4.78, 5) is 6.90. The number of fused-ring (bicyclic) bond motifs is 1. The van der Waals surface area contributed by atoms with Gasteiger partial charge in [-0.05, 0) is 42.0 Å². The van der Waals surface area contributed by atoms with E-state index < -0.39 is 41.6 Å². The van der Waals surface area contributed by atoms with Crippen LogP contribution in [0.4, 0.5) is 17.6 Å². The average molecular weight is 410 g/mol. The highest BCUT2D eigenvalue weighted by Crippen LogP contribution is 2.45. The molecule has 0 saturated heterocycles. The molecule has 0 fully saturated rings. The predicted octanol–water partition coefficient (Wildman–Crippen LogP) is 4.92. The topological polar surface area (TPSA) is 69.1 Å². The monoisotopic (exact) mass is 410 g/mol. The van der Waals surface area contributed by atoms with Gasteiger partial charge in [-0.25, -0.2) is 4.39 Å². The Hall–Kier alpha value is -2.61. The van der Waals surface area contributed by atoms with E-state index in [-0.39, 0.29) is 11.3 Å². The van der Waals surface area contributed by atoms with E-state index in [2.05, 4.69) is 9.97 Å². The molecule has 3 rings (SSSR count). The number of aliphatic hydroxyl groups is 1. The second kappa shape index (κ2) is 7.02. The normalized spacial score (nSPS) is 14.9. The number of halogens is 4. The first-order valence-electron chi connectivity index (χ1n) is 9.03. The standard InChI is InChI=1S/C21H22F4N2O2/c1-12-9-26-10-17-15(12)7-14(27-17)8-20(29,21(23,24)25)11-19(2,3)16-5-4-13(22)6-18(16)28/h4-7,9-10,27-29H,8,11H2,1-3H3. The maximum Gasteiger partial charge on any atom is 0.417 e. The van der Waals surface area contributed by atoms with E-state index in [9.17, 15) is 27.8 Å². The Morgan fingerprint density at radius 2 is 1.79 bits per heavy atom. The van der Waals surface area contributed by atoms with E-state index in [0.717, 1.165) is 23.1 Å². The van der Waals surface area contributed by atoms with Crippen molar-refractivity contribution in [2.24, 2.45) is 0 Å². The molecule has 0 aliphatic heterocycles. The number of H-pyrrole nitrogens is 1. The van der Waals surface area contributed by atoms with Crippen LogP contribution in [-0.4, -0.2) is 32.0 Å². The summed E-state index contributed by atoms with van der Waals surface area (Å²) in [5, 5.41) is 21.5. The molecule has 2 aromatic heterocycles. The number of phenolic OH excluding ortho intramolecular Hbond substituents is 1. The van der Waals surface area contributed by atoms with Crippen molar-refractivity contribution in [3.63, 3.8) is 0 Å². The van der Waals surface area contributed by atoms with Crippen LogP contribution in [0.5, 0.6) is 5.75 Å². The zero-order chi connectivity index (χ0) is 21.6. The molecule has 1 atom stereocenters. The van der Waals surface area contributed by atoms with E-state index in [1.54, 1.807) is 19.2 Å². The Morgan fingerprint density at radius 1 is 1.10 bits per heavy atom. The van der Waals surface area contributed by atoms with Gasteiger partial charge in [0, 0.05) is 29.8 Å². The largest absolute Gasteiger partial charge is 0.508 e. The fraction of sp³-hybridized carbons (Fsp3) is 0.381. The van der Waals surface area contributed by atoms with Crippen LogP contribution in [0.1, 0.15) is 37.1 Å². The van der Waals surface area contributed by atoms with Gasteiger partial charge in [0.05, 0.1) is 11.7 Å². The first-order chi connectivity index (χ1) is 13.3. The number of aromatic nitrogens is 2. The molecule has 2 heterocycles. The highest BCUT2D eigenvalue weighted by molar-refractivity contribution is 5.82. The number of rotatable bonds is 5. The molecule has 0 aliphatic rings. The van der Waals surface area contributed by atoms with E-state index in [1.165, 1.54) is 26.1 Å². The number of alkyl halides is 3. The lowest BCUT2D eigenvalue weighted by Gasteiger charge is -2.38. The van der Waals surface area contributed by atoms with Crippen LogP contribution >= 0.6 is 0 Å². The van der Waals surface area contributed by atoms with Crippen molar-refractivity contribution in [3.05, 3.63) is 59.3 Å². The summed E-state index contributed by atoms with van der Waals surface area (Å²) in [5.74, 6) is -1.15. The molecule has 0 spiro atoms. The van der Waals surface area contributed by atoms with E-state index >= 15 is 0 Å². The molecular formula is C21H22F4N2O2. The van der Waals surface area contributed by atoms with Crippen molar-refractivity contribution in [2.45, 2.75) is 50.8 Å². The van der Waals surface area contributed by atoms with Crippen molar-refractivity contribution >= 4 is 10.9 Å². The quantitative estimate of drug-likeness (QED) is 0.523. The number of aryl methyl sites for hydroxylation is 1. The van der Waals surface area contributed by atoms with Gasteiger partial charge in [0.2, 0.25) is 0 Å². The molecule has 1 unspecified atom stereocenters. The van der Waals surface area contributed by atoms with Crippen molar-refractivity contribution in [1.29, 1.82) is 0 Å². The number of hydrogen-bond acceptors (Lipinski definition) is 3. The number of nitrogens with one attached hydrogen (secondary N) is 1. The zero-order valence-electron chi connectivity index (χ0n) is 16.2. The molecule has 4 nitrogen and oxygen atoms in total. The third-order valence-electron chi connectivity index (χ3n) is 5.23. The van der Waals surface area contributed by atoms with Gasteiger partial charge in [-0.2, -0.15) is 13.2 Å². The highest BCUT2D eigenvalue weighted by Gasteiger charge is 2.56. The van der Waals surface area contributed by atoms with Gasteiger partial charge in [-0.1, -0.05) is 19.9 Å². The number of aromatic amines is 1. The molecule has 0 amide bonds. The summed E-state index contributed by atoms with van der Waals surface area (Å²) in [7, 11) is 0. The molecule has 3 N–H and O–H groups in total. The first-order valence-corrected chi connectivity index (χ1v) is 9.03. The molecule has 0 saturated carbocycles. The van der Waals surface area contributed by atoms with Crippen molar-refractivity contribution in [1.82, 2.24) is 9.97 Å². The van der Waals surface area contributed by atoms with Crippen LogP contribution in [0.2, 0.25) is 0 Å². The Labute approximate surface area is 165 Å². The van der Waals surface area contributed by atoms with Crippen LogP contribution in [-0.2, 0) is 11.8 Å². The highest BCUT2D eigenvalue weighted by atomic mass is 19.4. The minimum Gasteiger partial charge on any atom is -0.508 e. The van der Waals surface area contributed by atoms with Gasteiger partial charge >= 0.3 is 6.18 Å². The number of pyridine rings is 1. The van der Waals surface area contributed by atoms with Crippen molar-refractivity contribution in [2.75, 3.05) is 0 Å². The lowest BCUT2D eigenvalue weighted by molar-refractivity contribution is -0.266. The summed E-state index contributed by atoms with van der Waals surface area (Å²) in [5.41, 5.74) is -2.63. The molecule has 1 aromatic carbocycles. The van der Waals surface area contributed by atoms with Crippen molar-refractivity contribution in [3.8, 4) is 5.75 Å². The molecule has 0 bridgehead atoms. The van der Waals surface area contributed by atoms with Gasteiger partial charge in [-0.3, -0.25) is 4.98 Å². The van der Waals surface area contributed by atoms with E-state index in [4.69, 9.17) is 0 Å². The predicted molar refractivity (Wildman–Crippen MR) is 101 cm³/mol. The number of benzene rings is 1. The van der Waals surface area contributed by atoms with Crippen LogP contribution in [0.15, 0.2) is 36.7 Å². The Bertz CT molecular complexity index is 1040. The van der Waals surface area contributed by atoms with Gasteiger partial charge in [0.25, 0.3) is 0 Å². The number of hydrogen-bond donors (Lipinski definition) is 3. The second-order valence-electron chi connectivity index (χ2n) is 8.14. The summed E-state index contributed by atoms with van der Waals surface area (Å²) in [6.45, 7) is 4.73. The minimum atomic E-state index is -4.93. The summed E-state index contributed by atoms with van der Waals surface area (Å²) in [6.07, 6.45) is -3.23. The fourth-order valence-electron chi connectivity index (χ4n) is 3.83. The average Bonchev–Trinajstić information content (AvgIpc) is 2.96. The van der Waals surface area contributed by atoms with Crippen molar-refractivity contribution < 1.29 is 27.8 Å². The Balaban J connectivity index is 1.98. The molecular weight excluding hydrogens is 388 g/mol. The summed E-state index contributed by atoms with van der Waals surface area (Å²) < 4.78 is 55.1. The molecule has 0 aliphatic carbocycles. The summed E-state index contributed by atoms with van der Waals surface area (Å²) in [6, 6.07) is 4.72. The summed E-state index contributed by atoms with van der Waals surface area (Å²) >= 11 is 0. The van der Waals surface area contributed by atoms with Gasteiger partial charge in [0.1, 0.15) is 11.6 Å². The molecule has 0 radical (unpaired) electrons. The maximum atomic E-state index is 13.9. The SMILES string of the molecule is Cc1cncc2[nH]c(CC(O)(CC(C)(C)c3ccc(F)cc3O)C(F)(F)F)cc12. The molecule has 3 aromatic rings. The van der Waals surface area contributed by atoms with E-state index in [0.29, 0.717) is 5.52 Å². The van der Waals surface area contributed by atoms with Gasteiger partial charge in [0.15, 0.2) is 5.60 Å². The third kappa shape index (κ3) is 4.07. The third-order valence-corrected chi connectivity index (χ3v) is 5.23. The Morgan fingerprint density at radius 3 is 2.38 bits per heavy atom. The van der Waals surface area contributed by atoms with Crippen LogP contribution in [0.25, 0.3) is 10.9 Å². The lowest BCUT2D eigenvalue weighted by atomic mass is 9.73.